The Morgan fingerprint density at radius 1 is 1.18 bits per heavy atom. The van der Waals surface area contributed by atoms with E-state index < -0.39 is 0 Å². The smallest absolute Gasteiger partial charge is 0.255 e. The number of anilines is 1. The zero-order chi connectivity index (χ0) is 19.5. The SMILES string of the molecule is O=C(c1ccc(NCc2ccc(Cl)cc2)nc1)N1CC[C@H](N2CCCC2=O)C1. The number of rotatable bonds is 5. The molecule has 2 aliphatic rings. The van der Waals surface area contributed by atoms with Gasteiger partial charge in [-0.05, 0) is 42.7 Å². The second kappa shape index (κ2) is 8.19. The number of aromatic nitrogens is 1. The summed E-state index contributed by atoms with van der Waals surface area (Å²) in [4.78, 5) is 32.8. The van der Waals surface area contributed by atoms with Crippen LogP contribution in [0.25, 0.3) is 0 Å². The lowest BCUT2D eigenvalue weighted by atomic mass is 10.2. The van der Waals surface area contributed by atoms with Crippen molar-refractivity contribution >= 4 is 29.2 Å². The van der Waals surface area contributed by atoms with Crippen molar-refractivity contribution < 1.29 is 9.59 Å². The number of hydrogen-bond acceptors (Lipinski definition) is 4. The molecule has 1 atom stereocenters. The van der Waals surface area contributed by atoms with Crippen LogP contribution >= 0.6 is 11.6 Å². The molecular weight excluding hydrogens is 376 g/mol. The highest BCUT2D eigenvalue weighted by molar-refractivity contribution is 6.30. The Kier molecular flexibility index (Phi) is 5.48. The second-order valence-electron chi connectivity index (χ2n) is 7.30. The summed E-state index contributed by atoms with van der Waals surface area (Å²) in [6, 6.07) is 11.4. The first-order chi connectivity index (χ1) is 13.6. The van der Waals surface area contributed by atoms with E-state index in [1.165, 1.54) is 0 Å². The second-order valence-corrected chi connectivity index (χ2v) is 7.73. The number of nitrogens with zero attached hydrogens (tertiary/aromatic N) is 3. The summed E-state index contributed by atoms with van der Waals surface area (Å²) in [5.41, 5.74) is 1.68. The van der Waals surface area contributed by atoms with Crippen molar-refractivity contribution in [1.29, 1.82) is 0 Å². The fraction of sp³-hybridized carbons (Fsp3) is 0.381. The van der Waals surface area contributed by atoms with E-state index in [4.69, 9.17) is 11.6 Å². The van der Waals surface area contributed by atoms with Gasteiger partial charge in [0.2, 0.25) is 5.91 Å². The minimum absolute atomic E-state index is 0.0223. The normalized spacial score (nSPS) is 19.3. The quantitative estimate of drug-likeness (QED) is 0.840. The topological polar surface area (TPSA) is 65.5 Å². The first-order valence-corrected chi connectivity index (χ1v) is 10.0. The zero-order valence-corrected chi connectivity index (χ0v) is 16.4. The van der Waals surface area contributed by atoms with Crippen LogP contribution in [0.3, 0.4) is 0 Å². The Hall–Kier alpha value is -2.60. The van der Waals surface area contributed by atoms with Gasteiger partial charge in [0.1, 0.15) is 5.82 Å². The Morgan fingerprint density at radius 2 is 2.00 bits per heavy atom. The van der Waals surface area contributed by atoms with E-state index in [0.717, 1.165) is 24.9 Å². The number of halogens is 1. The summed E-state index contributed by atoms with van der Waals surface area (Å²) in [5, 5.41) is 3.95. The van der Waals surface area contributed by atoms with Crippen LogP contribution in [-0.2, 0) is 11.3 Å². The number of likely N-dealkylation sites (tertiary alicyclic amines) is 2. The van der Waals surface area contributed by atoms with E-state index >= 15 is 0 Å². The molecule has 2 fully saturated rings. The monoisotopic (exact) mass is 398 g/mol. The molecule has 2 saturated heterocycles. The van der Waals surface area contributed by atoms with E-state index in [1.807, 2.05) is 40.1 Å². The Bertz CT molecular complexity index is 854. The summed E-state index contributed by atoms with van der Waals surface area (Å²) in [5.74, 6) is 0.913. The first kappa shape index (κ1) is 18.7. The van der Waals surface area contributed by atoms with Crippen LogP contribution in [0.15, 0.2) is 42.6 Å². The molecule has 146 valence electrons. The van der Waals surface area contributed by atoms with Crippen LogP contribution in [0.5, 0.6) is 0 Å². The van der Waals surface area contributed by atoms with Crippen LogP contribution in [0.1, 0.15) is 35.2 Å². The van der Waals surface area contributed by atoms with Crippen LogP contribution in [0.2, 0.25) is 5.02 Å². The summed E-state index contributed by atoms with van der Waals surface area (Å²) < 4.78 is 0. The number of nitrogens with one attached hydrogen (secondary N) is 1. The van der Waals surface area contributed by atoms with Crippen LogP contribution in [0.4, 0.5) is 5.82 Å². The number of hydrogen-bond donors (Lipinski definition) is 1. The molecule has 7 heteroatoms. The summed E-state index contributed by atoms with van der Waals surface area (Å²) in [6.07, 6.45) is 4.03. The average molecular weight is 399 g/mol. The number of amides is 2. The largest absolute Gasteiger partial charge is 0.366 e. The fourth-order valence-corrected chi connectivity index (χ4v) is 3.96. The molecule has 28 heavy (non-hydrogen) atoms. The van der Waals surface area contributed by atoms with Crippen molar-refractivity contribution in [3.05, 3.63) is 58.7 Å². The molecule has 0 aliphatic carbocycles. The maximum absolute atomic E-state index is 12.8. The molecule has 2 aromatic rings. The molecule has 6 nitrogen and oxygen atoms in total. The summed E-state index contributed by atoms with van der Waals surface area (Å²) in [6.45, 7) is 2.75. The highest BCUT2D eigenvalue weighted by atomic mass is 35.5. The Labute approximate surface area is 169 Å². The summed E-state index contributed by atoms with van der Waals surface area (Å²) in [7, 11) is 0. The molecule has 1 aromatic heterocycles. The van der Waals surface area contributed by atoms with E-state index in [0.29, 0.717) is 42.5 Å². The Balaban J connectivity index is 1.32. The Morgan fingerprint density at radius 3 is 2.68 bits per heavy atom. The van der Waals surface area contributed by atoms with Crippen molar-refractivity contribution in [2.45, 2.75) is 31.8 Å². The molecule has 0 saturated carbocycles. The standard InChI is InChI=1S/C21H23ClN4O2/c22-17-6-3-15(4-7-17)12-23-19-8-5-16(13-24-19)21(28)25-11-9-18(14-25)26-10-1-2-20(26)27/h3-8,13,18H,1-2,9-12,14H2,(H,23,24)/t18-/m0/s1. The molecule has 0 bridgehead atoms. The van der Waals surface area contributed by atoms with Gasteiger partial charge in [0.05, 0.1) is 11.6 Å². The molecule has 1 N–H and O–H groups in total. The van der Waals surface area contributed by atoms with Gasteiger partial charge < -0.3 is 15.1 Å². The number of pyridine rings is 1. The van der Waals surface area contributed by atoms with Crippen LogP contribution in [-0.4, -0.2) is 52.3 Å². The minimum atomic E-state index is -0.0223. The van der Waals surface area contributed by atoms with Gasteiger partial charge in [-0.2, -0.15) is 0 Å². The van der Waals surface area contributed by atoms with Gasteiger partial charge >= 0.3 is 0 Å². The average Bonchev–Trinajstić information content (AvgIpc) is 3.36. The summed E-state index contributed by atoms with van der Waals surface area (Å²) >= 11 is 5.89. The van der Waals surface area contributed by atoms with E-state index in [-0.39, 0.29) is 17.9 Å². The molecule has 3 heterocycles. The molecule has 1 aromatic carbocycles. The number of carbonyl (C=O) groups excluding carboxylic acids is 2. The van der Waals surface area contributed by atoms with Crippen LogP contribution < -0.4 is 5.32 Å². The molecule has 0 unspecified atom stereocenters. The fourth-order valence-electron chi connectivity index (χ4n) is 3.84. The van der Waals surface area contributed by atoms with Gasteiger partial charge in [-0.1, -0.05) is 23.7 Å². The highest BCUT2D eigenvalue weighted by Gasteiger charge is 2.35. The molecular formula is C21H23ClN4O2. The van der Waals surface area contributed by atoms with Crippen molar-refractivity contribution in [3.63, 3.8) is 0 Å². The minimum Gasteiger partial charge on any atom is -0.366 e. The molecule has 0 spiro atoms. The molecule has 4 rings (SSSR count). The highest BCUT2D eigenvalue weighted by Crippen LogP contribution is 2.23. The third-order valence-corrected chi connectivity index (χ3v) is 5.65. The lowest BCUT2D eigenvalue weighted by Gasteiger charge is -2.24. The van der Waals surface area contributed by atoms with Gasteiger partial charge in [-0.15, -0.1) is 0 Å². The van der Waals surface area contributed by atoms with Gasteiger partial charge in [-0.3, -0.25) is 9.59 Å². The molecule has 2 aliphatic heterocycles. The van der Waals surface area contributed by atoms with E-state index in [2.05, 4.69) is 10.3 Å². The molecule has 0 radical (unpaired) electrons. The van der Waals surface area contributed by atoms with E-state index in [1.54, 1.807) is 12.3 Å². The van der Waals surface area contributed by atoms with Crippen LogP contribution in [0, 0.1) is 0 Å². The maximum atomic E-state index is 12.8. The number of carbonyl (C=O) groups is 2. The van der Waals surface area contributed by atoms with E-state index in [9.17, 15) is 9.59 Å². The van der Waals surface area contributed by atoms with Gasteiger partial charge in [0, 0.05) is 43.8 Å². The first-order valence-electron chi connectivity index (χ1n) is 9.63. The number of benzene rings is 1. The zero-order valence-electron chi connectivity index (χ0n) is 15.6. The van der Waals surface area contributed by atoms with Crippen molar-refractivity contribution in [1.82, 2.24) is 14.8 Å². The lowest BCUT2D eigenvalue weighted by molar-refractivity contribution is -0.129. The predicted octanol–water partition coefficient (Wildman–Crippen LogP) is 3.18. The van der Waals surface area contributed by atoms with Gasteiger partial charge in [0.25, 0.3) is 5.91 Å². The van der Waals surface area contributed by atoms with Crippen molar-refractivity contribution in [2.24, 2.45) is 0 Å². The van der Waals surface area contributed by atoms with Gasteiger partial charge in [-0.25, -0.2) is 4.98 Å². The third kappa shape index (κ3) is 4.12. The lowest BCUT2D eigenvalue weighted by Crippen LogP contribution is -2.39. The third-order valence-electron chi connectivity index (χ3n) is 5.40. The molecule has 2 amide bonds. The van der Waals surface area contributed by atoms with Gasteiger partial charge in [0.15, 0.2) is 0 Å². The van der Waals surface area contributed by atoms with Crippen molar-refractivity contribution in [3.8, 4) is 0 Å². The van der Waals surface area contributed by atoms with Crippen molar-refractivity contribution in [2.75, 3.05) is 25.0 Å². The maximum Gasteiger partial charge on any atom is 0.255 e. The predicted molar refractivity (Wildman–Crippen MR) is 108 cm³/mol.